The highest BCUT2D eigenvalue weighted by atomic mass is 16.3. The molecule has 0 atom stereocenters. The topological polar surface area (TPSA) is 23.1 Å². The average molecular weight is 428 g/mol. The molecule has 176 valence electrons. The lowest BCUT2D eigenvalue weighted by atomic mass is 10.0. The van der Waals surface area contributed by atoms with Crippen LogP contribution in [0.5, 0.6) is 5.75 Å². The Morgan fingerprint density at radius 2 is 1.03 bits per heavy atom. The lowest BCUT2D eigenvalue weighted by molar-refractivity contribution is -0.870. The third kappa shape index (κ3) is 15.0. The Hall–Kier alpha value is -1.54. The summed E-state index contributed by atoms with van der Waals surface area (Å²) in [5.41, 5.74) is 0. The zero-order chi connectivity index (χ0) is 22.8. The van der Waals surface area contributed by atoms with E-state index in [1.807, 2.05) is 30.3 Å². The van der Waals surface area contributed by atoms with Gasteiger partial charge in [-0.3, -0.25) is 0 Å². The molecule has 0 amide bonds. The maximum Gasteiger partial charge on any atom is 0.0780 e. The minimum atomic E-state index is 0.100. The van der Waals surface area contributed by atoms with Crippen LogP contribution in [0.3, 0.4) is 0 Å². The monoisotopic (exact) mass is 427 g/mol. The predicted molar refractivity (Wildman–Crippen MR) is 137 cm³/mol. The van der Waals surface area contributed by atoms with Crippen LogP contribution in [0.25, 0.3) is 10.8 Å². The quantitative estimate of drug-likeness (QED) is 0.208. The van der Waals surface area contributed by atoms with Gasteiger partial charge in [-0.05, 0) is 23.6 Å². The third-order valence-corrected chi connectivity index (χ3v) is 5.93. The van der Waals surface area contributed by atoms with E-state index in [1.54, 1.807) is 12.1 Å². The molecule has 0 aliphatic rings. The molecule has 0 fully saturated rings. The molecule has 0 spiro atoms. The first kappa shape index (κ1) is 27.5. The maximum absolute atomic E-state index is 11.2. The van der Waals surface area contributed by atoms with Crippen LogP contribution in [-0.4, -0.2) is 32.2 Å². The van der Waals surface area contributed by atoms with Gasteiger partial charge in [-0.2, -0.15) is 0 Å². The van der Waals surface area contributed by atoms with Crippen molar-refractivity contribution in [2.45, 2.75) is 96.8 Å². The molecule has 0 radical (unpaired) electrons. The summed E-state index contributed by atoms with van der Waals surface area (Å²) < 4.78 is 1.12. The molecule has 2 rings (SSSR count). The minimum Gasteiger partial charge on any atom is -0.872 e. The summed E-state index contributed by atoms with van der Waals surface area (Å²) in [5.74, 6) is 0.100. The second kappa shape index (κ2) is 17.1. The molecule has 0 saturated heterocycles. The van der Waals surface area contributed by atoms with Crippen molar-refractivity contribution < 1.29 is 9.59 Å². The fourth-order valence-electron chi connectivity index (χ4n) is 3.98. The molecular formula is C29H49NO. The second-order valence-corrected chi connectivity index (χ2v) is 10.1. The summed E-state index contributed by atoms with van der Waals surface area (Å²) in [6.45, 7) is 3.63. The highest BCUT2D eigenvalue weighted by Crippen LogP contribution is 2.20. The molecule has 0 aromatic heterocycles. The Balaban J connectivity index is 0.000000361. The van der Waals surface area contributed by atoms with Crippen LogP contribution < -0.4 is 5.11 Å². The van der Waals surface area contributed by atoms with Gasteiger partial charge in [0.05, 0.1) is 27.7 Å². The summed E-state index contributed by atoms with van der Waals surface area (Å²) in [6.07, 6.45) is 20.4. The molecule has 0 saturated carbocycles. The standard InChI is InChI=1S/C19H42N.C10H8O/c1-5-6-7-8-9-10-11-12-13-14-15-16-17-18-19-20(2,3)4;11-10-7-3-5-8-4-1-2-6-9(8)10/h5-19H2,1-4H3;1-7,11H/q+1;/p-1. The van der Waals surface area contributed by atoms with Crippen molar-refractivity contribution in [2.75, 3.05) is 27.7 Å². The van der Waals surface area contributed by atoms with Crippen LogP contribution in [0.4, 0.5) is 0 Å². The van der Waals surface area contributed by atoms with E-state index in [-0.39, 0.29) is 5.75 Å². The second-order valence-electron chi connectivity index (χ2n) is 10.1. The Labute approximate surface area is 193 Å². The maximum atomic E-state index is 11.2. The van der Waals surface area contributed by atoms with E-state index in [0.29, 0.717) is 0 Å². The number of benzene rings is 2. The van der Waals surface area contributed by atoms with Crippen molar-refractivity contribution in [3.8, 4) is 5.75 Å². The number of hydrogen-bond acceptors (Lipinski definition) is 1. The van der Waals surface area contributed by atoms with Gasteiger partial charge >= 0.3 is 0 Å². The molecule has 31 heavy (non-hydrogen) atoms. The summed E-state index contributed by atoms with van der Waals surface area (Å²) in [4.78, 5) is 0. The third-order valence-electron chi connectivity index (χ3n) is 5.93. The zero-order valence-electron chi connectivity index (χ0n) is 21.0. The summed E-state index contributed by atoms with van der Waals surface area (Å²) >= 11 is 0. The van der Waals surface area contributed by atoms with Crippen LogP contribution in [-0.2, 0) is 0 Å². The summed E-state index contributed by atoms with van der Waals surface area (Å²) in [5, 5.41) is 13.0. The van der Waals surface area contributed by atoms with Crippen molar-refractivity contribution in [1.29, 1.82) is 0 Å². The zero-order valence-corrected chi connectivity index (χ0v) is 21.0. The molecule has 0 unspecified atom stereocenters. The fraction of sp³-hybridized carbons (Fsp3) is 0.655. The predicted octanol–water partition coefficient (Wildman–Crippen LogP) is 8.09. The van der Waals surface area contributed by atoms with Gasteiger partial charge in [0.25, 0.3) is 0 Å². The molecule has 2 aromatic carbocycles. The van der Waals surface area contributed by atoms with Gasteiger partial charge in [-0.15, -0.1) is 5.75 Å². The van der Waals surface area contributed by atoms with Crippen LogP contribution >= 0.6 is 0 Å². The van der Waals surface area contributed by atoms with Gasteiger partial charge in [0, 0.05) is 0 Å². The van der Waals surface area contributed by atoms with Crippen LogP contribution in [0.2, 0.25) is 0 Å². The molecule has 2 nitrogen and oxygen atoms in total. The van der Waals surface area contributed by atoms with Gasteiger partial charge in [0.1, 0.15) is 0 Å². The lowest BCUT2D eigenvalue weighted by Crippen LogP contribution is -2.35. The van der Waals surface area contributed by atoms with Crippen LogP contribution in [0.15, 0.2) is 42.5 Å². The molecule has 0 aliphatic heterocycles. The van der Waals surface area contributed by atoms with E-state index >= 15 is 0 Å². The Morgan fingerprint density at radius 3 is 1.52 bits per heavy atom. The fourth-order valence-corrected chi connectivity index (χ4v) is 3.98. The number of hydrogen-bond donors (Lipinski definition) is 0. The highest BCUT2D eigenvalue weighted by molar-refractivity contribution is 5.87. The van der Waals surface area contributed by atoms with Gasteiger partial charge in [0.15, 0.2) is 0 Å². The van der Waals surface area contributed by atoms with E-state index in [1.165, 1.54) is 96.4 Å². The lowest BCUT2D eigenvalue weighted by Gasteiger charge is -2.23. The Bertz CT molecular complexity index is 668. The van der Waals surface area contributed by atoms with Crippen molar-refractivity contribution >= 4 is 10.8 Å². The first-order valence-electron chi connectivity index (χ1n) is 12.9. The average Bonchev–Trinajstić information content (AvgIpc) is 2.74. The highest BCUT2D eigenvalue weighted by Gasteiger charge is 2.04. The SMILES string of the molecule is CCCCCCCCCCCCCCCC[N+](C)(C)C.[O-]c1cccc2ccccc12. The molecule has 0 heterocycles. The van der Waals surface area contributed by atoms with E-state index in [2.05, 4.69) is 28.1 Å². The van der Waals surface area contributed by atoms with Crippen LogP contribution in [0.1, 0.15) is 96.8 Å². The minimum absolute atomic E-state index is 0.100. The molecule has 0 N–H and O–H groups in total. The van der Waals surface area contributed by atoms with Crippen molar-refractivity contribution in [3.63, 3.8) is 0 Å². The van der Waals surface area contributed by atoms with E-state index in [9.17, 15) is 5.11 Å². The number of quaternary nitrogens is 1. The van der Waals surface area contributed by atoms with Gasteiger partial charge in [0.2, 0.25) is 0 Å². The number of nitrogens with zero attached hydrogens (tertiary/aromatic N) is 1. The first-order valence-corrected chi connectivity index (χ1v) is 12.9. The first-order chi connectivity index (χ1) is 14.9. The van der Waals surface area contributed by atoms with E-state index in [4.69, 9.17) is 0 Å². The van der Waals surface area contributed by atoms with Crippen molar-refractivity contribution in [2.24, 2.45) is 0 Å². The van der Waals surface area contributed by atoms with Crippen LogP contribution in [0, 0.1) is 0 Å². The Morgan fingerprint density at radius 1 is 0.581 bits per heavy atom. The van der Waals surface area contributed by atoms with Crippen molar-refractivity contribution in [3.05, 3.63) is 42.5 Å². The molecular weight excluding hydrogens is 378 g/mol. The Kier molecular flexibility index (Phi) is 15.1. The van der Waals surface area contributed by atoms with Gasteiger partial charge in [-0.25, -0.2) is 0 Å². The number of fused-ring (bicyclic) bond motifs is 1. The summed E-state index contributed by atoms with van der Waals surface area (Å²) in [6, 6.07) is 12.9. The van der Waals surface area contributed by atoms with Gasteiger partial charge < -0.3 is 9.59 Å². The smallest absolute Gasteiger partial charge is 0.0780 e. The number of unbranched alkanes of at least 4 members (excludes halogenated alkanes) is 13. The molecule has 2 aromatic rings. The molecule has 0 bridgehead atoms. The summed E-state index contributed by atoms with van der Waals surface area (Å²) in [7, 11) is 6.88. The molecule has 2 heteroatoms. The van der Waals surface area contributed by atoms with Gasteiger partial charge in [-0.1, -0.05) is 126 Å². The van der Waals surface area contributed by atoms with E-state index < -0.39 is 0 Å². The number of rotatable bonds is 15. The van der Waals surface area contributed by atoms with E-state index in [0.717, 1.165) is 15.3 Å². The van der Waals surface area contributed by atoms with Crippen molar-refractivity contribution in [1.82, 2.24) is 0 Å². The normalized spacial score (nSPS) is 11.4. The molecule has 0 aliphatic carbocycles. The largest absolute Gasteiger partial charge is 0.872 e.